The Morgan fingerprint density at radius 2 is 2.06 bits per heavy atom. The Balaban J connectivity index is 2.17. The molecule has 1 fully saturated rings. The van der Waals surface area contributed by atoms with Crippen LogP contribution in [0.25, 0.3) is 0 Å². The van der Waals surface area contributed by atoms with E-state index in [0.717, 1.165) is 36.8 Å². The first-order valence-corrected chi connectivity index (χ1v) is 6.89. The van der Waals surface area contributed by atoms with Gasteiger partial charge in [-0.3, -0.25) is 0 Å². The third kappa shape index (κ3) is 3.11. The molecule has 17 heavy (non-hydrogen) atoms. The fraction of sp³-hybridized carbons (Fsp3) is 0.429. The van der Waals surface area contributed by atoms with Gasteiger partial charge < -0.3 is 10.6 Å². The zero-order valence-electron chi connectivity index (χ0n) is 10.0. The van der Waals surface area contributed by atoms with Crippen molar-refractivity contribution in [2.45, 2.75) is 24.8 Å². The average Bonchev–Trinajstić information content (AvgIpc) is 2.34. The molecule has 0 aliphatic carbocycles. The molecule has 1 aliphatic heterocycles. The number of hydrogen-bond donors (Lipinski definition) is 2. The molecule has 2 rings (SSSR count). The Hall–Kier alpha value is -0.800. The Kier molecular flexibility index (Phi) is 4.24. The van der Waals surface area contributed by atoms with Gasteiger partial charge >= 0.3 is 0 Å². The van der Waals surface area contributed by atoms with Crippen molar-refractivity contribution in [2.75, 3.05) is 18.4 Å². The van der Waals surface area contributed by atoms with E-state index >= 15 is 0 Å². The maximum absolute atomic E-state index is 3.89. The second-order valence-electron chi connectivity index (χ2n) is 4.63. The van der Waals surface area contributed by atoms with Crippen LogP contribution in [0.4, 0.5) is 5.69 Å². The van der Waals surface area contributed by atoms with Gasteiger partial charge in [0.1, 0.15) is 0 Å². The molecule has 1 aromatic carbocycles. The molecule has 0 amide bonds. The minimum atomic E-state index is 0.164. The van der Waals surface area contributed by atoms with Gasteiger partial charge in [-0.25, -0.2) is 0 Å². The number of nitrogens with one attached hydrogen (secondary N) is 2. The number of halogens is 1. The third-order valence-electron chi connectivity index (χ3n) is 3.37. The quantitative estimate of drug-likeness (QED) is 0.830. The van der Waals surface area contributed by atoms with Crippen molar-refractivity contribution in [1.29, 1.82) is 0 Å². The fourth-order valence-electron chi connectivity index (χ4n) is 2.41. The molecule has 0 unspecified atom stereocenters. The van der Waals surface area contributed by atoms with Crippen LogP contribution >= 0.6 is 15.9 Å². The van der Waals surface area contributed by atoms with Gasteiger partial charge in [0.2, 0.25) is 0 Å². The summed E-state index contributed by atoms with van der Waals surface area (Å²) < 4.78 is 1.13. The number of rotatable bonds is 4. The van der Waals surface area contributed by atoms with E-state index in [9.17, 15) is 0 Å². The molecule has 1 saturated heterocycles. The van der Waals surface area contributed by atoms with Gasteiger partial charge in [0, 0.05) is 15.7 Å². The summed E-state index contributed by atoms with van der Waals surface area (Å²) in [5.74, 6) is 0. The first-order chi connectivity index (χ1) is 8.26. The summed E-state index contributed by atoms with van der Waals surface area (Å²) in [6.07, 6.45) is 5.31. The third-order valence-corrected chi connectivity index (χ3v) is 4.06. The minimum Gasteiger partial charge on any atom is -0.378 e. The van der Waals surface area contributed by atoms with Crippen LogP contribution in [0.1, 0.15) is 19.3 Å². The van der Waals surface area contributed by atoms with E-state index < -0.39 is 0 Å². The van der Waals surface area contributed by atoms with Crippen LogP contribution in [0.5, 0.6) is 0 Å². The van der Waals surface area contributed by atoms with Crippen LogP contribution < -0.4 is 10.6 Å². The maximum atomic E-state index is 3.89. The summed E-state index contributed by atoms with van der Waals surface area (Å²) in [5, 5.41) is 7.12. The van der Waals surface area contributed by atoms with Crippen molar-refractivity contribution in [3.05, 3.63) is 41.4 Å². The molecular formula is C14H19BrN2. The van der Waals surface area contributed by atoms with Crippen LogP contribution in [0.3, 0.4) is 0 Å². The van der Waals surface area contributed by atoms with Crippen LogP contribution in [0, 0.1) is 0 Å². The molecule has 2 nitrogen and oxygen atoms in total. The van der Waals surface area contributed by atoms with Crippen molar-refractivity contribution in [3.8, 4) is 0 Å². The molecule has 1 heterocycles. The highest BCUT2D eigenvalue weighted by Gasteiger charge is 2.30. The highest BCUT2D eigenvalue weighted by Crippen LogP contribution is 2.31. The van der Waals surface area contributed by atoms with Gasteiger partial charge in [-0.2, -0.15) is 0 Å². The summed E-state index contributed by atoms with van der Waals surface area (Å²) in [6, 6.07) is 8.30. The van der Waals surface area contributed by atoms with Gasteiger partial charge in [-0.15, -0.1) is 6.58 Å². The predicted molar refractivity (Wildman–Crippen MR) is 77.4 cm³/mol. The van der Waals surface area contributed by atoms with Crippen LogP contribution in [-0.4, -0.2) is 18.6 Å². The molecule has 92 valence electrons. The van der Waals surface area contributed by atoms with Crippen molar-refractivity contribution >= 4 is 21.6 Å². The van der Waals surface area contributed by atoms with Gasteiger partial charge in [0.05, 0.1) is 0 Å². The SMILES string of the molecule is C=CCC1(Nc2ccccc2Br)CCNCC1. The monoisotopic (exact) mass is 294 g/mol. The molecule has 0 saturated carbocycles. The average molecular weight is 295 g/mol. The molecule has 0 spiro atoms. The number of para-hydroxylation sites is 1. The maximum Gasteiger partial charge on any atom is 0.0489 e. The van der Waals surface area contributed by atoms with E-state index in [2.05, 4.69) is 51.3 Å². The number of hydrogen-bond acceptors (Lipinski definition) is 2. The molecule has 3 heteroatoms. The number of anilines is 1. The van der Waals surface area contributed by atoms with E-state index in [1.54, 1.807) is 0 Å². The molecule has 0 bridgehead atoms. The predicted octanol–water partition coefficient (Wildman–Crippen LogP) is 3.56. The number of piperidine rings is 1. The van der Waals surface area contributed by atoms with Gasteiger partial charge in [0.25, 0.3) is 0 Å². The first-order valence-electron chi connectivity index (χ1n) is 6.10. The Morgan fingerprint density at radius 1 is 1.35 bits per heavy atom. The molecule has 0 aromatic heterocycles. The summed E-state index contributed by atoms with van der Waals surface area (Å²) in [6.45, 7) is 6.04. The second-order valence-corrected chi connectivity index (χ2v) is 5.48. The molecule has 1 aromatic rings. The van der Waals surface area contributed by atoms with E-state index in [1.807, 2.05) is 12.1 Å². The molecule has 1 aliphatic rings. The van der Waals surface area contributed by atoms with Crippen molar-refractivity contribution in [2.24, 2.45) is 0 Å². The summed E-state index contributed by atoms with van der Waals surface area (Å²) >= 11 is 3.59. The largest absolute Gasteiger partial charge is 0.378 e. The lowest BCUT2D eigenvalue weighted by Crippen LogP contribution is -2.47. The summed E-state index contributed by atoms with van der Waals surface area (Å²) in [5.41, 5.74) is 1.34. The Bertz CT molecular complexity index is 384. The van der Waals surface area contributed by atoms with Gasteiger partial charge in [-0.05, 0) is 60.4 Å². The molecule has 0 atom stereocenters. The summed E-state index contributed by atoms with van der Waals surface area (Å²) in [4.78, 5) is 0. The normalized spacial score (nSPS) is 18.6. The Labute approximate surface area is 112 Å². The standard InChI is InChI=1S/C14H19BrN2/c1-2-7-14(8-10-16-11-9-14)17-13-6-4-3-5-12(13)15/h2-6,16-17H,1,7-11H2. The number of benzene rings is 1. The zero-order chi connectivity index (χ0) is 12.1. The topological polar surface area (TPSA) is 24.1 Å². The molecule has 0 radical (unpaired) electrons. The second kappa shape index (κ2) is 5.69. The zero-order valence-corrected chi connectivity index (χ0v) is 11.6. The smallest absolute Gasteiger partial charge is 0.0489 e. The highest BCUT2D eigenvalue weighted by molar-refractivity contribution is 9.10. The van der Waals surface area contributed by atoms with Crippen molar-refractivity contribution < 1.29 is 0 Å². The van der Waals surface area contributed by atoms with Crippen molar-refractivity contribution in [1.82, 2.24) is 5.32 Å². The van der Waals surface area contributed by atoms with E-state index in [-0.39, 0.29) is 5.54 Å². The van der Waals surface area contributed by atoms with Crippen LogP contribution in [0.15, 0.2) is 41.4 Å². The van der Waals surface area contributed by atoms with Crippen LogP contribution in [-0.2, 0) is 0 Å². The van der Waals surface area contributed by atoms with E-state index in [1.165, 1.54) is 5.69 Å². The lowest BCUT2D eigenvalue weighted by Gasteiger charge is -2.39. The molecule has 2 N–H and O–H groups in total. The first kappa shape index (κ1) is 12.7. The summed E-state index contributed by atoms with van der Waals surface area (Å²) in [7, 11) is 0. The van der Waals surface area contributed by atoms with Crippen molar-refractivity contribution in [3.63, 3.8) is 0 Å². The van der Waals surface area contributed by atoms with E-state index in [4.69, 9.17) is 0 Å². The van der Waals surface area contributed by atoms with E-state index in [0.29, 0.717) is 0 Å². The van der Waals surface area contributed by atoms with Gasteiger partial charge in [-0.1, -0.05) is 18.2 Å². The Morgan fingerprint density at radius 3 is 2.71 bits per heavy atom. The molecular weight excluding hydrogens is 276 g/mol. The lowest BCUT2D eigenvalue weighted by molar-refractivity contribution is 0.341. The van der Waals surface area contributed by atoms with Crippen LogP contribution in [0.2, 0.25) is 0 Å². The lowest BCUT2D eigenvalue weighted by atomic mass is 9.85. The fourth-order valence-corrected chi connectivity index (χ4v) is 2.79. The highest BCUT2D eigenvalue weighted by atomic mass is 79.9. The van der Waals surface area contributed by atoms with Gasteiger partial charge in [0.15, 0.2) is 0 Å². The minimum absolute atomic E-state index is 0.164.